The second-order valence-electron chi connectivity index (χ2n) is 8.47. The van der Waals surface area contributed by atoms with Gasteiger partial charge in [-0.1, -0.05) is 0 Å². The Balaban J connectivity index is 1.49. The standard InChI is InChI=1S/C21H30F3N3O4S/c1-25-11-13-27(14-12-25)20(28)15-31-18-7-5-17(6-8-18)26(2)32(29,30)19-9-3-16(4-10-19)21(22,23)24/h3-4,9-10,17-18H,5-8,11-15H2,1-2H3/t17-,18-. The molecule has 3 rings (SSSR count). The van der Waals surface area contributed by atoms with Crippen molar-refractivity contribution in [1.82, 2.24) is 14.1 Å². The molecule has 0 spiro atoms. The van der Waals surface area contributed by atoms with Crippen LogP contribution in [0.25, 0.3) is 0 Å². The largest absolute Gasteiger partial charge is 0.416 e. The van der Waals surface area contributed by atoms with Crippen LogP contribution in [0.15, 0.2) is 29.2 Å². The van der Waals surface area contributed by atoms with Crippen molar-refractivity contribution in [1.29, 1.82) is 0 Å². The van der Waals surface area contributed by atoms with Crippen LogP contribution in [-0.4, -0.2) is 87.5 Å². The summed E-state index contributed by atoms with van der Waals surface area (Å²) in [5.41, 5.74) is -0.886. The quantitative estimate of drug-likeness (QED) is 0.630. The van der Waals surface area contributed by atoms with E-state index in [0.29, 0.717) is 38.8 Å². The first-order valence-electron chi connectivity index (χ1n) is 10.7. The Hall–Kier alpha value is -1.69. The van der Waals surface area contributed by atoms with Gasteiger partial charge in [-0.05, 0) is 57.0 Å². The molecule has 11 heteroatoms. The van der Waals surface area contributed by atoms with E-state index in [1.807, 2.05) is 7.05 Å². The average molecular weight is 478 g/mol. The van der Waals surface area contributed by atoms with Crippen molar-refractivity contribution in [2.24, 2.45) is 0 Å². The summed E-state index contributed by atoms with van der Waals surface area (Å²) in [7, 11) is -0.429. The highest BCUT2D eigenvalue weighted by Gasteiger charge is 2.34. The smallest absolute Gasteiger partial charge is 0.368 e. The number of ether oxygens (including phenoxy) is 1. The summed E-state index contributed by atoms with van der Waals surface area (Å²) in [5.74, 6) is -0.0257. The van der Waals surface area contributed by atoms with E-state index in [0.717, 1.165) is 37.4 Å². The molecular weight excluding hydrogens is 447 g/mol. The summed E-state index contributed by atoms with van der Waals surface area (Å²) in [6.07, 6.45) is -2.27. The van der Waals surface area contributed by atoms with Gasteiger partial charge in [0.15, 0.2) is 0 Å². The maximum atomic E-state index is 12.8. The van der Waals surface area contributed by atoms with Gasteiger partial charge in [-0.2, -0.15) is 17.5 Å². The number of rotatable bonds is 6. The van der Waals surface area contributed by atoms with Gasteiger partial charge >= 0.3 is 6.18 Å². The zero-order valence-corrected chi connectivity index (χ0v) is 19.2. The van der Waals surface area contributed by atoms with E-state index in [1.165, 1.54) is 11.4 Å². The van der Waals surface area contributed by atoms with Gasteiger partial charge in [-0.25, -0.2) is 8.42 Å². The van der Waals surface area contributed by atoms with Gasteiger partial charge < -0.3 is 14.5 Å². The van der Waals surface area contributed by atoms with Gasteiger partial charge in [-0.3, -0.25) is 4.79 Å². The van der Waals surface area contributed by atoms with Gasteiger partial charge in [-0.15, -0.1) is 0 Å². The van der Waals surface area contributed by atoms with Crippen molar-refractivity contribution in [3.05, 3.63) is 29.8 Å². The van der Waals surface area contributed by atoms with E-state index >= 15 is 0 Å². The van der Waals surface area contributed by atoms with E-state index in [2.05, 4.69) is 4.90 Å². The lowest BCUT2D eigenvalue weighted by atomic mass is 9.93. The molecule has 0 atom stereocenters. The summed E-state index contributed by atoms with van der Waals surface area (Å²) in [6.45, 7) is 3.10. The first-order valence-corrected chi connectivity index (χ1v) is 12.2. The first-order chi connectivity index (χ1) is 15.0. The van der Waals surface area contributed by atoms with Crippen LogP contribution in [0.3, 0.4) is 0 Å². The lowest BCUT2D eigenvalue weighted by molar-refractivity contribution is -0.140. The predicted octanol–water partition coefficient (Wildman–Crippen LogP) is 2.43. The molecule has 1 aliphatic carbocycles. The number of nitrogens with zero attached hydrogens (tertiary/aromatic N) is 3. The summed E-state index contributed by atoms with van der Waals surface area (Å²) in [4.78, 5) is 16.1. The Bertz CT molecular complexity index is 877. The topological polar surface area (TPSA) is 70.2 Å². The lowest BCUT2D eigenvalue weighted by Gasteiger charge is -2.35. The minimum atomic E-state index is -4.52. The van der Waals surface area contributed by atoms with E-state index in [4.69, 9.17) is 4.74 Å². The molecule has 1 saturated carbocycles. The van der Waals surface area contributed by atoms with Crippen LogP contribution >= 0.6 is 0 Å². The normalized spacial score (nSPS) is 23.5. The highest BCUT2D eigenvalue weighted by atomic mass is 32.2. The van der Waals surface area contributed by atoms with Crippen LogP contribution in [-0.2, 0) is 25.7 Å². The van der Waals surface area contributed by atoms with Gasteiger partial charge in [0, 0.05) is 39.3 Å². The van der Waals surface area contributed by atoms with Crippen LogP contribution in [0, 0.1) is 0 Å². The average Bonchev–Trinajstić information content (AvgIpc) is 2.77. The maximum absolute atomic E-state index is 12.8. The molecule has 180 valence electrons. The van der Waals surface area contributed by atoms with Crippen LogP contribution in [0.1, 0.15) is 31.2 Å². The minimum Gasteiger partial charge on any atom is -0.368 e. The number of benzene rings is 1. The molecule has 2 fully saturated rings. The molecule has 1 aliphatic heterocycles. The van der Waals surface area contributed by atoms with Crippen molar-refractivity contribution in [3.8, 4) is 0 Å². The van der Waals surface area contributed by atoms with Gasteiger partial charge in [0.1, 0.15) is 6.61 Å². The maximum Gasteiger partial charge on any atom is 0.416 e. The van der Waals surface area contributed by atoms with Crippen LogP contribution in [0.5, 0.6) is 0 Å². The number of likely N-dealkylation sites (N-methyl/N-ethyl adjacent to an activating group) is 1. The Labute approximate surface area is 187 Å². The SMILES string of the molecule is CN1CCN(C(=O)CO[C@H]2CC[C@H](N(C)S(=O)(=O)c3ccc(C(F)(F)F)cc3)CC2)CC1. The molecule has 7 nitrogen and oxygen atoms in total. The molecule has 0 unspecified atom stereocenters. The number of hydrogen-bond acceptors (Lipinski definition) is 5. The van der Waals surface area contributed by atoms with Crippen molar-refractivity contribution in [3.63, 3.8) is 0 Å². The van der Waals surface area contributed by atoms with Gasteiger partial charge in [0.2, 0.25) is 15.9 Å². The number of carbonyl (C=O) groups is 1. The number of carbonyl (C=O) groups excluding carboxylic acids is 1. The number of sulfonamides is 1. The van der Waals surface area contributed by atoms with Crippen molar-refractivity contribution < 1.29 is 31.1 Å². The van der Waals surface area contributed by atoms with E-state index in [1.54, 1.807) is 4.90 Å². The second-order valence-corrected chi connectivity index (χ2v) is 10.5. The molecule has 0 radical (unpaired) electrons. The Morgan fingerprint density at radius 3 is 2.16 bits per heavy atom. The second kappa shape index (κ2) is 10.1. The van der Waals surface area contributed by atoms with Crippen LogP contribution < -0.4 is 0 Å². The first kappa shape index (κ1) is 24.9. The Morgan fingerprint density at radius 2 is 1.62 bits per heavy atom. The van der Waals surface area contributed by atoms with Gasteiger partial charge in [0.05, 0.1) is 16.6 Å². The Kier molecular flexibility index (Phi) is 7.85. The molecule has 1 aromatic rings. The molecule has 0 bridgehead atoms. The number of halogens is 3. The molecular formula is C21H30F3N3O4S. The summed E-state index contributed by atoms with van der Waals surface area (Å²) < 4.78 is 70.9. The highest BCUT2D eigenvalue weighted by Crippen LogP contribution is 2.32. The minimum absolute atomic E-state index is 0.0257. The fourth-order valence-electron chi connectivity index (χ4n) is 4.09. The van der Waals surface area contributed by atoms with Crippen molar-refractivity contribution in [2.75, 3.05) is 46.9 Å². The monoisotopic (exact) mass is 477 g/mol. The molecule has 0 aromatic heterocycles. The van der Waals surface area contributed by atoms with E-state index in [9.17, 15) is 26.4 Å². The number of piperazine rings is 1. The number of alkyl halides is 3. The fraction of sp³-hybridized carbons (Fsp3) is 0.667. The van der Waals surface area contributed by atoms with Gasteiger partial charge in [0.25, 0.3) is 0 Å². The fourth-order valence-corrected chi connectivity index (χ4v) is 5.51. The van der Waals surface area contributed by atoms with E-state index < -0.39 is 21.8 Å². The van der Waals surface area contributed by atoms with E-state index in [-0.39, 0.29) is 29.6 Å². The highest BCUT2D eigenvalue weighted by molar-refractivity contribution is 7.89. The summed E-state index contributed by atoms with van der Waals surface area (Å²) >= 11 is 0. The molecule has 1 amide bonds. The van der Waals surface area contributed by atoms with Crippen LogP contribution in [0.4, 0.5) is 13.2 Å². The number of hydrogen-bond donors (Lipinski definition) is 0. The summed E-state index contributed by atoms with van der Waals surface area (Å²) in [6, 6.07) is 3.28. The third-order valence-electron chi connectivity index (χ3n) is 6.32. The Morgan fingerprint density at radius 1 is 1.06 bits per heavy atom. The zero-order chi connectivity index (χ0) is 23.5. The van der Waals surface area contributed by atoms with Crippen molar-refractivity contribution in [2.45, 2.75) is 48.9 Å². The molecule has 0 N–H and O–H groups in total. The molecule has 1 heterocycles. The zero-order valence-electron chi connectivity index (χ0n) is 18.3. The van der Waals surface area contributed by atoms with Crippen molar-refractivity contribution >= 4 is 15.9 Å². The number of amides is 1. The molecule has 32 heavy (non-hydrogen) atoms. The third kappa shape index (κ3) is 6.00. The predicted molar refractivity (Wildman–Crippen MR) is 112 cm³/mol. The molecule has 1 saturated heterocycles. The summed E-state index contributed by atoms with van der Waals surface area (Å²) in [5, 5.41) is 0. The molecule has 2 aliphatic rings. The molecule has 1 aromatic carbocycles. The third-order valence-corrected chi connectivity index (χ3v) is 8.24. The lowest BCUT2D eigenvalue weighted by Crippen LogP contribution is -2.48. The van der Waals surface area contributed by atoms with Crippen LogP contribution in [0.2, 0.25) is 0 Å².